The van der Waals surface area contributed by atoms with E-state index in [4.69, 9.17) is 4.74 Å². The molecule has 0 aromatic carbocycles. The largest absolute Gasteiger partial charge is 0.384 e. The highest BCUT2D eigenvalue weighted by atomic mass is 16.5. The van der Waals surface area contributed by atoms with Crippen LogP contribution in [0.15, 0.2) is 0 Å². The lowest BCUT2D eigenvalue weighted by Crippen LogP contribution is -2.17. The summed E-state index contributed by atoms with van der Waals surface area (Å²) in [5.41, 5.74) is 0.340. The highest BCUT2D eigenvalue weighted by molar-refractivity contribution is 4.67. The quantitative estimate of drug-likeness (QED) is 0.575. The zero-order valence-corrected chi connectivity index (χ0v) is 7.44. The molecule has 0 fully saturated rings. The third-order valence-corrected chi connectivity index (χ3v) is 1.64. The van der Waals surface area contributed by atoms with Crippen molar-refractivity contribution in [3.8, 4) is 0 Å². The Bertz CT molecular complexity index is 76.8. The molecule has 0 amide bonds. The molecule has 1 nitrogen and oxygen atoms in total. The van der Waals surface area contributed by atoms with Gasteiger partial charge in [-0.15, -0.1) is 0 Å². The Morgan fingerprint density at radius 3 is 2.40 bits per heavy atom. The molecule has 1 heteroatoms. The van der Waals surface area contributed by atoms with Crippen LogP contribution in [0.2, 0.25) is 0 Å². The Morgan fingerprint density at radius 1 is 1.40 bits per heavy atom. The highest BCUT2D eigenvalue weighted by Gasteiger charge is 2.15. The fourth-order valence-corrected chi connectivity index (χ4v) is 1.07. The average Bonchev–Trinajstić information content (AvgIpc) is 1.84. The molecular formula is C9H19O. The second-order valence-corrected chi connectivity index (χ2v) is 3.55. The van der Waals surface area contributed by atoms with Crippen LogP contribution in [-0.4, -0.2) is 13.7 Å². The van der Waals surface area contributed by atoms with Crippen LogP contribution in [0.1, 0.15) is 33.1 Å². The first-order chi connectivity index (χ1) is 4.62. The minimum Gasteiger partial charge on any atom is -0.384 e. The second kappa shape index (κ2) is 4.73. The van der Waals surface area contributed by atoms with E-state index in [0.717, 1.165) is 13.0 Å². The predicted molar refractivity (Wildman–Crippen MR) is 44.9 cm³/mol. The van der Waals surface area contributed by atoms with Crippen molar-refractivity contribution in [3.05, 3.63) is 6.92 Å². The minimum absolute atomic E-state index is 0.340. The fourth-order valence-electron chi connectivity index (χ4n) is 1.07. The maximum atomic E-state index is 5.08. The van der Waals surface area contributed by atoms with Crippen molar-refractivity contribution in [1.82, 2.24) is 0 Å². The van der Waals surface area contributed by atoms with Crippen LogP contribution in [0.3, 0.4) is 0 Å². The van der Waals surface area contributed by atoms with E-state index in [1.807, 2.05) is 0 Å². The summed E-state index contributed by atoms with van der Waals surface area (Å²) in [7, 11) is 1.76. The van der Waals surface area contributed by atoms with Crippen LogP contribution in [-0.2, 0) is 4.74 Å². The average molecular weight is 143 g/mol. The summed E-state index contributed by atoms with van der Waals surface area (Å²) in [5.74, 6) is 0. The maximum Gasteiger partial charge on any atom is 0.0513 e. The molecule has 0 aromatic heterocycles. The summed E-state index contributed by atoms with van der Waals surface area (Å²) in [6.07, 6.45) is 3.45. The molecule has 0 atom stereocenters. The number of unbranched alkanes of at least 4 members (excludes halogenated alkanes) is 1. The molecule has 0 saturated heterocycles. The topological polar surface area (TPSA) is 9.23 Å². The SMILES string of the molecule is [CH2]CCCC(C)(C)COC. The number of hydrogen-bond acceptors (Lipinski definition) is 1. The molecule has 0 bridgehead atoms. The third kappa shape index (κ3) is 4.80. The number of ether oxygens (including phenoxy) is 1. The van der Waals surface area contributed by atoms with Gasteiger partial charge in [0.15, 0.2) is 0 Å². The fraction of sp³-hybridized carbons (Fsp3) is 0.889. The molecule has 61 valence electrons. The van der Waals surface area contributed by atoms with Crippen LogP contribution in [0.5, 0.6) is 0 Å². The molecule has 0 rings (SSSR count). The molecule has 0 aliphatic carbocycles. The molecule has 1 radical (unpaired) electrons. The van der Waals surface area contributed by atoms with E-state index < -0.39 is 0 Å². The lowest BCUT2D eigenvalue weighted by Gasteiger charge is -2.22. The summed E-state index contributed by atoms with van der Waals surface area (Å²) in [6, 6.07) is 0. The monoisotopic (exact) mass is 143 g/mol. The van der Waals surface area contributed by atoms with E-state index in [2.05, 4.69) is 20.8 Å². The summed E-state index contributed by atoms with van der Waals surface area (Å²) in [4.78, 5) is 0. The van der Waals surface area contributed by atoms with E-state index >= 15 is 0 Å². The van der Waals surface area contributed by atoms with Crippen molar-refractivity contribution in [2.45, 2.75) is 33.1 Å². The van der Waals surface area contributed by atoms with Gasteiger partial charge < -0.3 is 4.74 Å². The van der Waals surface area contributed by atoms with Gasteiger partial charge >= 0.3 is 0 Å². The number of methoxy groups -OCH3 is 1. The summed E-state index contributed by atoms with van der Waals surface area (Å²) < 4.78 is 5.08. The van der Waals surface area contributed by atoms with E-state index in [1.54, 1.807) is 7.11 Å². The van der Waals surface area contributed by atoms with Gasteiger partial charge in [-0.25, -0.2) is 0 Å². The van der Waals surface area contributed by atoms with Crippen LogP contribution in [0, 0.1) is 12.3 Å². The van der Waals surface area contributed by atoms with Gasteiger partial charge in [-0.3, -0.25) is 0 Å². The first kappa shape index (κ1) is 9.96. The van der Waals surface area contributed by atoms with Crippen LogP contribution in [0.25, 0.3) is 0 Å². The Hall–Kier alpha value is -0.0400. The van der Waals surface area contributed by atoms with Gasteiger partial charge in [0.1, 0.15) is 0 Å². The zero-order chi connectivity index (χ0) is 8.04. The van der Waals surface area contributed by atoms with Crippen LogP contribution in [0.4, 0.5) is 0 Å². The molecule has 0 aliphatic heterocycles. The van der Waals surface area contributed by atoms with Crippen molar-refractivity contribution in [3.63, 3.8) is 0 Å². The first-order valence-corrected chi connectivity index (χ1v) is 3.90. The maximum absolute atomic E-state index is 5.08. The predicted octanol–water partition coefficient (Wildman–Crippen LogP) is 2.66. The van der Waals surface area contributed by atoms with Gasteiger partial charge in [0.2, 0.25) is 0 Å². The van der Waals surface area contributed by atoms with Crippen molar-refractivity contribution in [1.29, 1.82) is 0 Å². The Kier molecular flexibility index (Phi) is 4.71. The minimum atomic E-state index is 0.340. The Morgan fingerprint density at radius 2 is 2.00 bits per heavy atom. The lowest BCUT2D eigenvalue weighted by molar-refractivity contribution is 0.0969. The van der Waals surface area contributed by atoms with Gasteiger partial charge in [-0.1, -0.05) is 33.6 Å². The van der Waals surface area contributed by atoms with E-state index in [-0.39, 0.29) is 0 Å². The number of hydrogen-bond donors (Lipinski definition) is 0. The molecule has 0 aromatic rings. The molecule has 0 saturated carbocycles. The molecule has 0 heterocycles. The van der Waals surface area contributed by atoms with Crippen molar-refractivity contribution >= 4 is 0 Å². The normalized spacial score (nSPS) is 12.0. The van der Waals surface area contributed by atoms with Crippen molar-refractivity contribution in [2.24, 2.45) is 5.41 Å². The van der Waals surface area contributed by atoms with Crippen molar-refractivity contribution < 1.29 is 4.74 Å². The molecule has 0 aliphatic rings. The van der Waals surface area contributed by atoms with E-state index in [9.17, 15) is 0 Å². The van der Waals surface area contributed by atoms with E-state index in [1.165, 1.54) is 12.8 Å². The summed E-state index contributed by atoms with van der Waals surface area (Å²) >= 11 is 0. The molecular weight excluding hydrogens is 124 g/mol. The summed E-state index contributed by atoms with van der Waals surface area (Å²) in [6.45, 7) is 9.12. The molecule has 10 heavy (non-hydrogen) atoms. The molecule has 0 spiro atoms. The van der Waals surface area contributed by atoms with Crippen molar-refractivity contribution in [2.75, 3.05) is 13.7 Å². The van der Waals surface area contributed by atoms with Gasteiger partial charge in [0.05, 0.1) is 6.61 Å². The second-order valence-electron chi connectivity index (χ2n) is 3.55. The standard InChI is InChI=1S/C9H19O/c1-5-6-7-9(2,3)8-10-4/h1,5-8H2,2-4H3. The van der Waals surface area contributed by atoms with Gasteiger partial charge in [-0.2, -0.15) is 0 Å². The molecule has 0 unspecified atom stereocenters. The first-order valence-electron chi connectivity index (χ1n) is 3.90. The highest BCUT2D eigenvalue weighted by Crippen LogP contribution is 2.22. The lowest BCUT2D eigenvalue weighted by atomic mass is 9.88. The van der Waals surface area contributed by atoms with Gasteiger partial charge in [0.25, 0.3) is 0 Å². The zero-order valence-electron chi connectivity index (χ0n) is 7.44. The third-order valence-electron chi connectivity index (χ3n) is 1.64. The van der Waals surface area contributed by atoms with E-state index in [0.29, 0.717) is 5.41 Å². The Balaban J connectivity index is 3.42. The molecule has 0 N–H and O–H groups in total. The summed E-state index contributed by atoms with van der Waals surface area (Å²) in [5, 5.41) is 0. The Labute approximate surface area is 64.8 Å². The van der Waals surface area contributed by atoms with Gasteiger partial charge in [0, 0.05) is 7.11 Å². The smallest absolute Gasteiger partial charge is 0.0513 e. The van der Waals surface area contributed by atoms with Gasteiger partial charge in [-0.05, 0) is 11.8 Å². The number of rotatable bonds is 5. The van der Waals surface area contributed by atoms with Crippen LogP contribution < -0.4 is 0 Å². The van der Waals surface area contributed by atoms with Crippen LogP contribution >= 0.6 is 0 Å².